The highest BCUT2D eigenvalue weighted by atomic mass is 16.4. The van der Waals surface area contributed by atoms with Crippen molar-refractivity contribution >= 4 is 17.4 Å². The molecular formula is C12H13N5O2. The van der Waals surface area contributed by atoms with Gasteiger partial charge in [0, 0.05) is 11.8 Å². The molecule has 2 rings (SSSR count). The Morgan fingerprint density at radius 1 is 1.53 bits per heavy atom. The van der Waals surface area contributed by atoms with Crippen molar-refractivity contribution in [2.45, 2.75) is 6.92 Å². The highest BCUT2D eigenvalue weighted by Gasteiger charge is 2.14. The van der Waals surface area contributed by atoms with E-state index in [1.165, 1.54) is 12.4 Å². The van der Waals surface area contributed by atoms with E-state index in [-0.39, 0.29) is 11.7 Å². The minimum Gasteiger partial charge on any atom is -0.409 e. The lowest BCUT2D eigenvalue weighted by molar-refractivity contribution is 0.102. The van der Waals surface area contributed by atoms with Gasteiger partial charge >= 0.3 is 0 Å². The van der Waals surface area contributed by atoms with Crippen molar-refractivity contribution in [3.8, 4) is 0 Å². The van der Waals surface area contributed by atoms with Crippen LogP contribution in [-0.2, 0) is 0 Å². The first-order valence-corrected chi connectivity index (χ1v) is 5.51. The second kappa shape index (κ2) is 5.21. The number of aromatic amines is 1. The maximum atomic E-state index is 11.9. The van der Waals surface area contributed by atoms with Gasteiger partial charge in [-0.1, -0.05) is 17.3 Å². The smallest absolute Gasteiger partial charge is 0.258 e. The van der Waals surface area contributed by atoms with E-state index in [2.05, 4.69) is 20.7 Å². The standard InChI is InChI=1S/C12H13N5O2/c1-7-3-2-4-9(10(7)11(13)17-19)16-12(18)8-5-14-15-6-8/h2-6,19H,1H3,(H2,13,17)(H,14,15)(H,16,18). The third-order valence-electron chi connectivity index (χ3n) is 2.65. The number of nitrogens with zero attached hydrogens (tertiary/aromatic N) is 2. The zero-order valence-corrected chi connectivity index (χ0v) is 10.2. The quantitative estimate of drug-likeness (QED) is 0.285. The van der Waals surface area contributed by atoms with Gasteiger partial charge in [0.15, 0.2) is 5.84 Å². The molecule has 19 heavy (non-hydrogen) atoms. The summed E-state index contributed by atoms with van der Waals surface area (Å²) in [6, 6.07) is 5.26. The highest BCUT2D eigenvalue weighted by molar-refractivity contribution is 6.10. The number of aromatic nitrogens is 2. The van der Waals surface area contributed by atoms with Crippen LogP contribution in [0.25, 0.3) is 0 Å². The van der Waals surface area contributed by atoms with Crippen LogP contribution in [-0.4, -0.2) is 27.1 Å². The number of nitrogens with one attached hydrogen (secondary N) is 2. The van der Waals surface area contributed by atoms with Crippen molar-refractivity contribution in [2.24, 2.45) is 10.9 Å². The van der Waals surface area contributed by atoms with Crippen LogP contribution in [0.4, 0.5) is 5.69 Å². The van der Waals surface area contributed by atoms with Crippen LogP contribution in [0.5, 0.6) is 0 Å². The molecule has 0 bridgehead atoms. The average Bonchev–Trinajstić information content (AvgIpc) is 2.92. The van der Waals surface area contributed by atoms with E-state index in [0.29, 0.717) is 16.8 Å². The molecule has 5 N–H and O–H groups in total. The fraction of sp³-hybridized carbons (Fsp3) is 0.0833. The van der Waals surface area contributed by atoms with E-state index in [1.54, 1.807) is 25.1 Å². The van der Waals surface area contributed by atoms with E-state index < -0.39 is 0 Å². The third kappa shape index (κ3) is 2.54. The maximum absolute atomic E-state index is 11.9. The number of oxime groups is 1. The lowest BCUT2D eigenvalue weighted by Crippen LogP contribution is -2.20. The molecule has 0 aliphatic heterocycles. The first-order valence-electron chi connectivity index (χ1n) is 5.51. The van der Waals surface area contributed by atoms with E-state index in [4.69, 9.17) is 10.9 Å². The number of aryl methyl sites for hydroxylation is 1. The normalized spacial score (nSPS) is 11.3. The first kappa shape index (κ1) is 12.6. The molecule has 0 aliphatic rings. The van der Waals surface area contributed by atoms with Gasteiger partial charge in [-0.05, 0) is 18.6 Å². The molecule has 0 radical (unpaired) electrons. The first-order chi connectivity index (χ1) is 9.13. The van der Waals surface area contributed by atoms with Crippen LogP contribution in [0.2, 0.25) is 0 Å². The number of carbonyl (C=O) groups is 1. The van der Waals surface area contributed by atoms with E-state index in [1.807, 2.05) is 0 Å². The van der Waals surface area contributed by atoms with Crippen molar-refractivity contribution in [3.05, 3.63) is 47.3 Å². The predicted octanol–water partition coefficient (Wildman–Crippen LogP) is 1.06. The highest BCUT2D eigenvalue weighted by Crippen LogP contribution is 2.20. The van der Waals surface area contributed by atoms with Crippen molar-refractivity contribution in [1.82, 2.24) is 10.2 Å². The van der Waals surface area contributed by atoms with Gasteiger partial charge in [-0.3, -0.25) is 9.89 Å². The van der Waals surface area contributed by atoms with Crippen LogP contribution in [0.1, 0.15) is 21.5 Å². The molecule has 0 aliphatic carbocycles. The number of nitrogens with two attached hydrogens (primary N) is 1. The fourth-order valence-electron chi connectivity index (χ4n) is 1.73. The van der Waals surface area contributed by atoms with E-state index in [0.717, 1.165) is 5.56 Å². The summed E-state index contributed by atoms with van der Waals surface area (Å²) in [4.78, 5) is 11.9. The summed E-state index contributed by atoms with van der Waals surface area (Å²) in [6.07, 6.45) is 2.89. The largest absolute Gasteiger partial charge is 0.409 e. The number of amides is 1. The zero-order chi connectivity index (χ0) is 13.8. The summed E-state index contributed by atoms with van der Waals surface area (Å²) < 4.78 is 0. The van der Waals surface area contributed by atoms with Gasteiger partial charge in [0.05, 0.1) is 17.4 Å². The second-order valence-corrected chi connectivity index (χ2v) is 3.92. The Morgan fingerprint density at radius 2 is 2.32 bits per heavy atom. The monoisotopic (exact) mass is 259 g/mol. The SMILES string of the molecule is Cc1cccc(NC(=O)c2cn[nH]c2)c1/C(N)=N/O. The number of hydrogen-bond acceptors (Lipinski definition) is 4. The van der Waals surface area contributed by atoms with Crippen LogP contribution < -0.4 is 11.1 Å². The fourth-order valence-corrected chi connectivity index (χ4v) is 1.73. The topological polar surface area (TPSA) is 116 Å². The summed E-state index contributed by atoms with van der Waals surface area (Å²) >= 11 is 0. The molecule has 1 amide bonds. The Morgan fingerprint density at radius 3 is 2.95 bits per heavy atom. The van der Waals surface area contributed by atoms with Gasteiger partial charge in [-0.2, -0.15) is 5.10 Å². The number of rotatable bonds is 3. The van der Waals surface area contributed by atoms with E-state index in [9.17, 15) is 4.79 Å². The molecular weight excluding hydrogens is 246 g/mol. The Balaban J connectivity index is 2.36. The number of H-pyrrole nitrogens is 1. The number of benzene rings is 1. The van der Waals surface area contributed by atoms with Crippen LogP contribution in [0.3, 0.4) is 0 Å². The van der Waals surface area contributed by atoms with Gasteiger partial charge in [0.25, 0.3) is 5.91 Å². The number of hydrogen-bond donors (Lipinski definition) is 4. The minimum atomic E-state index is -0.327. The molecule has 98 valence electrons. The zero-order valence-electron chi connectivity index (χ0n) is 10.2. The van der Waals surface area contributed by atoms with Gasteiger partial charge < -0.3 is 16.3 Å². The number of carbonyl (C=O) groups excluding carboxylic acids is 1. The van der Waals surface area contributed by atoms with Crippen molar-refractivity contribution < 1.29 is 10.0 Å². The summed E-state index contributed by atoms with van der Waals surface area (Å²) in [7, 11) is 0. The molecule has 0 atom stereocenters. The molecule has 1 aromatic carbocycles. The lowest BCUT2D eigenvalue weighted by atomic mass is 10.1. The number of amidine groups is 1. The van der Waals surface area contributed by atoms with Crippen LogP contribution in [0, 0.1) is 6.92 Å². The molecule has 0 spiro atoms. The minimum absolute atomic E-state index is 0.0550. The molecule has 7 nitrogen and oxygen atoms in total. The lowest BCUT2D eigenvalue weighted by Gasteiger charge is -2.11. The molecule has 0 unspecified atom stereocenters. The molecule has 1 aromatic heterocycles. The van der Waals surface area contributed by atoms with Gasteiger partial charge in [-0.15, -0.1) is 0 Å². The van der Waals surface area contributed by atoms with Crippen molar-refractivity contribution in [3.63, 3.8) is 0 Å². The van der Waals surface area contributed by atoms with Gasteiger partial charge in [0.2, 0.25) is 0 Å². The van der Waals surface area contributed by atoms with Gasteiger partial charge in [0.1, 0.15) is 0 Å². The number of anilines is 1. The predicted molar refractivity (Wildman–Crippen MR) is 70.2 cm³/mol. The summed E-state index contributed by atoms with van der Waals surface area (Å²) in [5.41, 5.74) is 7.77. The van der Waals surface area contributed by atoms with Gasteiger partial charge in [-0.25, -0.2) is 0 Å². The Bertz CT molecular complexity index is 619. The average molecular weight is 259 g/mol. The molecule has 0 saturated carbocycles. The third-order valence-corrected chi connectivity index (χ3v) is 2.65. The van der Waals surface area contributed by atoms with Crippen LogP contribution >= 0.6 is 0 Å². The summed E-state index contributed by atoms with van der Waals surface area (Å²) in [5.74, 6) is -0.382. The van der Waals surface area contributed by atoms with Crippen molar-refractivity contribution in [1.29, 1.82) is 0 Å². The van der Waals surface area contributed by atoms with Crippen LogP contribution in [0.15, 0.2) is 35.7 Å². The van der Waals surface area contributed by atoms with Crippen molar-refractivity contribution in [2.75, 3.05) is 5.32 Å². The summed E-state index contributed by atoms with van der Waals surface area (Å²) in [6.45, 7) is 1.81. The molecule has 2 aromatic rings. The molecule has 0 fully saturated rings. The molecule has 0 saturated heterocycles. The Kier molecular flexibility index (Phi) is 3.46. The molecule has 7 heteroatoms. The molecule has 1 heterocycles. The Hall–Kier alpha value is -2.83. The summed E-state index contributed by atoms with van der Waals surface area (Å²) in [5, 5.41) is 20.7. The Labute approximate surface area is 109 Å². The van der Waals surface area contributed by atoms with E-state index >= 15 is 0 Å². The maximum Gasteiger partial charge on any atom is 0.258 e. The second-order valence-electron chi connectivity index (χ2n) is 3.92.